The summed E-state index contributed by atoms with van der Waals surface area (Å²) in [5.41, 5.74) is 3.07. The molecule has 0 spiro atoms. The fourth-order valence-electron chi connectivity index (χ4n) is 24.5. The van der Waals surface area contributed by atoms with Crippen LogP contribution in [-0.2, 0) is 104 Å². The number of likely N-dealkylation sites (N-methyl/N-ethyl adjacent to an activating group) is 2. The van der Waals surface area contributed by atoms with Crippen molar-refractivity contribution in [1.82, 2.24) is 9.80 Å². The van der Waals surface area contributed by atoms with Gasteiger partial charge in [-0.05, 0) is 266 Å². The Morgan fingerprint density at radius 2 is 1.02 bits per heavy atom. The summed E-state index contributed by atoms with van der Waals surface area (Å²) in [5, 5.41) is 9.53. The van der Waals surface area contributed by atoms with Crippen LogP contribution < -0.4 is 4.74 Å². The lowest BCUT2D eigenvalue weighted by atomic mass is 9.67. The van der Waals surface area contributed by atoms with Gasteiger partial charge in [-0.2, -0.15) is 5.26 Å². The summed E-state index contributed by atoms with van der Waals surface area (Å²) in [6.45, 7) is 22.4. The number of fused-ring (bicyclic) bond motifs is 10. The maximum Gasteiger partial charge on any atom is 0.311 e. The molecule has 9 fully saturated rings. The molecule has 6 saturated heterocycles. The number of hydrogen-bond acceptors (Lipinski definition) is 26. The number of carbonyl (C=O) groups is 5. The van der Waals surface area contributed by atoms with Gasteiger partial charge in [0, 0.05) is 84.0 Å². The van der Waals surface area contributed by atoms with Crippen molar-refractivity contribution in [2.45, 2.75) is 333 Å². The van der Waals surface area contributed by atoms with Gasteiger partial charge in [0.1, 0.15) is 70.9 Å². The van der Waals surface area contributed by atoms with Crippen LogP contribution in [0, 0.1) is 99.6 Å². The molecule has 7 aliphatic carbocycles. The average Bonchev–Trinajstić information content (AvgIpc) is 1.56. The van der Waals surface area contributed by atoms with Crippen LogP contribution in [0.4, 0.5) is 0 Å². The van der Waals surface area contributed by atoms with Crippen molar-refractivity contribution in [3.8, 4) is 17.6 Å². The van der Waals surface area contributed by atoms with Crippen molar-refractivity contribution in [3.63, 3.8) is 0 Å². The molecule has 6 heterocycles. The first kappa shape index (κ1) is 104. The lowest BCUT2D eigenvalue weighted by Gasteiger charge is -2.44. The number of ether oxygens (including phenoxy) is 18. The number of Topliss-reactive ketones (excluding diaryl/α,β-unsaturated/α-hetero) is 2. The molecule has 37 atom stereocenters. The summed E-state index contributed by atoms with van der Waals surface area (Å²) in [4.78, 5) is 73.5. The van der Waals surface area contributed by atoms with Crippen molar-refractivity contribution in [2.75, 3.05) is 70.8 Å². The van der Waals surface area contributed by atoms with Crippen molar-refractivity contribution < 1.29 is 109 Å². The zero-order valence-corrected chi connectivity index (χ0v) is 83.7. The first-order valence-electron chi connectivity index (χ1n) is 49.1. The summed E-state index contributed by atoms with van der Waals surface area (Å²) in [7, 11) is 18.3. The highest BCUT2D eigenvalue weighted by Gasteiger charge is 2.63. The topological polar surface area (TPSA) is 282 Å². The van der Waals surface area contributed by atoms with Gasteiger partial charge in [0.2, 0.25) is 6.10 Å². The molecule has 6 aliphatic heterocycles. The van der Waals surface area contributed by atoms with E-state index in [0.717, 1.165) is 101 Å². The number of halogens is 2. The Morgan fingerprint density at radius 3 is 1.49 bits per heavy atom. The van der Waals surface area contributed by atoms with Crippen LogP contribution >= 0.6 is 23.2 Å². The molecule has 3 unspecified atom stereocenters. The number of nitrogens with zero attached hydrogens (tertiary/aromatic N) is 3. The van der Waals surface area contributed by atoms with Crippen LogP contribution in [0.1, 0.15) is 203 Å². The lowest BCUT2D eigenvalue weighted by Crippen LogP contribution is -2.59. The molecule has 15 rings (SSSR count). The van der Waals surface area contributed by atoms with E-state index in [9.17, 15) is 29.2 Å². The minimum atomic E-state index is -1.03. The van der Waals surface area contributed by atoms with E-state index in [1.54, 1.807) is 73.0 Å². The molecule has 2 aromatic rings. The number of esters is 3. The number of methoxy groups -OCH3 is 6. The zero-order valence-electron chi connectivity index (χ0n) is 82.2. The molecule has 28 heteroatoms. The van der Waals surface area contributed by atoms with Gasteiger partial charge in [-0.3, -0.25) is 24.0 Å². The number of para-hydroxylation sites is 1. The van der Waals surface area contributed by atoms with Crippen molar-refractivity contribution in [2.24, 2.45) is 88.3 Å². The van der Waals surface area contributed by atoms with Gasteiger partial charge in [0.05, 0.1) is 67.6 Å². The van der Waals surface area contributed by atoms with Crippen molar-refractivity contribution in [3.05, 3.63) is 118 Å². The summed E-state index contributed by atoms with van der Waals surface area (Å²) >= 11 is 11.5. The van der Waals surface area contributed by atoms with E-state index in [1.165, 1.54) is 5.57 Å². The normalized spacial score (nSPS) is 40.2. The highest BCUT2D eigenvalue weighted by Crippen LogP contribution is 2.62. The standard InChI is InChI=1S/C42H67NO10.C41H65NO10.C22H19Cl2NO3/c1-11-26-13-12-14-35(53-37-16-15-34(43(6)7)24(4)49-37)23(3)38(45)33-20-31-29(32(33)21-36(44)51-26)17-22(2)28-18-27(19-30(28)31)52-42-41(48-10)40(47-9)39(46-8)25(5)50-42;1-10-26-12-11-13-34(52-36-17-16-33(42(5)6)23(3)48-36)22(2)37(44)32-20-30-28(31(32)21-35(43)50-26)15-14-25-18-27(19-29(25)30)51-41-40(47-9)39(46-8)38(45-7)24(4)49-41;1-22(2)17(12-19(23)24)20(22)21(26)28-18(13-25)14-7-6-10-16(11-14)27-15-8-4-3-5-9-15/h17,20,23-32,34-35,37,39-42H,11-16,18-19,21H2,1-10H3;14-15,20,22-31,33-34,36,38-41H,10-13,16-19,21H2,1-9H3;3-12,17-18,20H,1-2H3/t23-,24-,25+,26+,27-,28+,29-,30-,31-,32+,34+,35+,37+,39+,40-,41-,42+;22-,23-,24+,25-,26+,27-,28-,29-,30-,31+,33+,34+,36+,38+,39-,40-,41+;/m11./s1. The van der Waals surface area contributed by atoms with Crippen molar-refractivity contribution >= 4 is 52.7 Å². The number of cyclic esters (lactones) is 2. The van der Waals surface area contributed by atoms with E-state index in [0.29, 0.717) is 53.8 Å². The predicted octanol–water partition coefficient (Wildman–Crippen LogP) is 17.5. The Hall–Kier alpha value is -5.88. The van der Waals surface area contributed by atoms with E-state index in [2.05, 4.69) is 103 Å². The van der Waals surface area contributed by atoms with Crippen LogP contribution in [0.15, 0.2) is 112 Å². The summed E-state index contributed by atoms with van der Waals surface area (Å²) in [6, 6.07) is 19.0. The van der Waals surface area contributed by atoms with E-state index >= 15 is 0 Å². The molecule has 2 aromatic carbocycles. The fraction of sp³-hybridized carbons (Fsp3) is 0.733. The van der Waals surface area contributed by atoms with E-state index < -0.39 is 36.9 Å². The van der Waals surface area contributed by atoms with E-state index in [1.807, 2.05) is 77.9 Å². The average molecular weight is 1890 g/mol. The second-order valence-corrected chi connectivity index (χ2v) is 41.7. The Bertz CT molecular complexity index is 4420. The van der Waals surface area contributed by atoms with Gasteiger partial charge in [-0.1, -0.05) is 131 Å². The smallest absolute Gasteiger partial charge is 0.311 e. The second-order valence-electron chi connectivity index (χ2n) is 40.7. The summed E-state index contributed by atoms with van der Waals surface area (Å²) < 4.78 is 111. The highest BCUT2D eigenvalue weighted by molar-refractivity contribution is 6.55. The third-order valence-corrected chi connectivity index (χ3v) is 32.1. The van der Waals surface area contributed by atoms with Gasteiger partial charge >= 0.3 is 17.9 Å². The predicted molar refractivity (Wildman–Crippen MR) is 501 cm³/mol. The molecule has 3 saturated carbocycles. The Balaban J connectivity index is 0.000000178. The van der Waals surface area contributed by atoms with Gasteiger partial charge in [0.25, 0.3) is 0 Å². The van der Waals surface area contributed by atoms with Crippen molar-refractivity contribution in [1.29, 1.82) is 5.26 Å². The monoisotopic (exact) mass is 1890 g/mol. The fourth-order valence-corrected chi connectivity index (χ4v) is 24.7. The van der Waals surface area contributed by atoms with Crippen LogP contribution in [0.25, 0.3) is 0 Å². The highest BCUT2D eigenvalue weighted by atomic mass is 35.5. The molecule has 0 aromatic heterocycles. The van der Waals surface area contributed by atoms with E-state index in [4.69, 9.17) is 108 Å². The molecule has 738 valence electrons. The molecule has 0 amide bonds. The van der Waals surface area contributed by atoms with E-state index in [-0.39, 0.29) is 215 Å². The molecule has 0 radical (unpaired) electrons. The second kappa shape index (κ2) is 46.9. The molecule has 26 nitrogen and oxygen atoms in total. The Morgan fingerprint density at radius 1 is 0.534 bits per heavy atom. The van der Waals surface area contributed by atoms with Gasteiger partial charge in [-0.25, -0.2) is 0 Å². The molecule has 133 heavy (non-hydrogen) atoms. The number of benzene rings is 2. The van der Waals surface area contributed by atoms with Gasteiger partial charge in [0.15, 0.2) is 36.7 Å². The zero-order chi connectivity index (χ0) is 95.7. The molecule has 0 bridgehead atoms. The van der Waals surface area contributed by atoms with Crippen LogP contribution in [0.5, 0.6) is 11.5 Å². The number of ketones is 2. The molecule has 0 N–H and O–H groups in total. The van der Waals surface area contributed by atoms with Crippen LogP contribution in [0.3, 0.4) is 0 Å². The number of carbonyl (C=O) groups excluding carboxylic acids is 5. The first-order chi connectivity index (χ1) is 63.7. The minimum Gasteiger partial charge on any atom is -0.462 e. The summed E-state index contributed by atoms with van der Waals surface area (Å²) in [5.74, 6) is 0.319. The van der Waals surface area contributed by atoms with Gasteiger partial charge < -0.3 is 95.1 Å². The minimum absolute atomic E-state index is 0.0364. The Kier molecular flexibility index (Phi) is 36.9. The maximum atomic E-state index is 14.7. The lowest BCUT2D eigenvalue weighted by molar-refractivity contribution is -0.314. The number of hydrogen-bond donors (Lipinski definition) is 0. The molecular formula is C105H151Cl2N3O23. The largest absolute Gasteiger partial charge is 0.462 e. The Labute approximate surface area is 799 Å². The number of allylic oxidation sites excluding steroid dienone is 9. The SMILES string of the molecule is CC1(C)C(C=C(Cl)Cl)C1C(=O)OC(C#N)c1cccc(Oc2ccccc2)c1.CC[C@H]1CCC[C@H](O[C@H]2CC[C@H](N(C)C)[C@@H](C)O2)[C@@H](C)C(=O)C2=C[C@@H]3[C@@H](C=C(C)[C@@H]4C[C@@H](O[C@@H]5O[C@@H](C)[C@H](OC)[C@@H](OC)[C@H]5OC)C[C@@H]34)[C@@H]2CC(=O)O1.CC[C@H]1CCC[C@H](O[C@H]2CC[C@H](N(C)C)[C@@H](C)O2)[C@@H](C)C(=O)C2=C[C@@H]3[C@@H](C=C[C@@H]4C[C@@H](O[C@@H]5O[C@@H](C)[C@H](OC)[C@@H](OC)[C@H]5OC)C[C@@H]34)[C@@H]2CC(=O)O1. The number of nitriles is 1. The molecular weight excluding hydrogens is 1740 g/mol. The maximum absolute atomic E-state index is 14.7. The third-order valence-electron chi connectivity index (χ3n) is 31.9. The first-order valence-corrected chi connectivity index (χ1v) is 49.9. The quantitative estimate of drug-likeness (QED) is 0.0536. The van der Waals surface area contributed by atoms with Crippen LogP contribution in [-0.4, -0.2) is 245 Å². The summed E-state index contributed by atoms with van der Waals surface area (Å²) in [6.07, 6.45) is 20.0. The van der Waals surface area contributed by atoms with Gasteiger partial charge in [-0.15, -0.1) is 0 Å². The molecule has 13 aliphatic rings. The third kappa shape index (κ3) is 24.2. The van der Waals surface area contributed by atoms with Crippen LogP contribution in [0.2, 0.25) is 0 Å². The number of rotatable bonds is 24.